The van der Waals surface area contributed by atoms with Crippen LogP contribution in [0.25, 0.3) is 0 Å². The Balaban J connectivity index is 1.36. The Morgan fingerprint density at radius 1 is 0.805 bits per heavy atom. The van der Waals surface area contributed by atoms with Gasteiger partial charge < -0.3 is 10.1 Å². The molecule has 1 aliphatic heterocycles. The molecule has 0 aliphatic carbocycles. The molecule has 0 saturated carbocycles. The molecule has 0 atom stereocenters. The molecule has 1 aliphatic rings. The largest absolute Gasteiger partial charge is 0.379 e. The summed E-state index contributed by atoms with van der Waals surface area (Å²) in [6.07, 6.45) is 0. The van der Waals surface area contributed by atoms with Gasteiger partial charge in [-0.3, -0.25) is 14.0 Å². The Morgan fingerprint density at radius 3 is 2.15 bits per heavy atom. The van der Waals surface area contributed by atoms with Crippen molar-refractivity contribution < 1.29 is 17.9 Å². The highest BCUT2D eigenvalue weighted by molar-refractivity contribution is 7.92. The summed E-state index contributed by atoms with van der Waals surface area (Å²) in [5.74, 6) is -0.338. The summed E-state index contributed by atoms with van der Waals surface area (Å²) >= 11 is 0. The van der Waals surface area contributed by atoms with Crippen LogP contribution in [0.3, 0.4) is 0 Å². The molecule has 0 unspecified atom stereocenters. The molecule has 1 N–H and O–H groups in total. The Labute approximate surface area is 242 Å². The van der Waals surface area contributed by atoms with Gasteiger partial charge in [0.2, 0.25) is 0 Å². The number of carbonyl (C=O) groups is 1. The molecule has 1 heterocycles. The number of para-hydroxylation sites is 1. The summed E-state index contributed by atoms with van der Waals surface area (Å²) < 4.78 is 34.7. The first kappa shape index (κ1) is 28.5. The van der Waals surface area contributed by atoms with Crippen molar-refractivity contribution in [1.29, 1.82) is 0 Å². The van der Waals surface area contributed by atoms with Crippen molar-refractivity contribution in [2.75, 3.05) is 30.6 Å². The molecule has 4 aromatic rings. The number of morpholine rings is 1. The number of rotatable bonds is 10. The highest BCUT2D eigenvalue weighted by Crippen LogP contribution is 2.29. The fourth-order valence-corrected chi connectivity index (χ4v) is 6.30. The normalized spacial score (nSPS) is 14.0. The van der Waals surface area contributed by atoms with Crippen LogP contribution in [0.5, 0.6) is 0 Å². The second-order valence-corrected chi connectivity index (χ2v) is 12.1. The van der Waals surface area contributed by atoms with Crippen LogP contribution in [0.15, 0.2) is 108 Å². The quantitative estimate of drug-likeness (QED) is 0.286. The van der Waals surface area contributed by atoms with Gasteiger partial charge in [-0.2, -0.15) is 0 Å². The predicted octanol–water partition coefficient (Wildman–Crippen LogP) is 5.15. The lowest BCUT2D eigenvalue weighted by atomic mass is 10.1. The van der Waals surface area contributed by atoms with Gasteiger partial charge in [0.25, 0.3) is 15.9 Å². The minimum absolute atomic E-state index is 0.0892. The number of aryl methyl sites for hydroxylation is 1. The van der Waals surface area contributed by atoms with E-state index in [-0.39, 0.29) is 17.3 Å². The van der Waals surface area contributed by atoms with Crippen molar-refractivity contribution >= 4 is 21.6 Å². The first-order valence-electron chi connectivity index (χ1n) is 13.8. The molecule has 0 bridgehead atoms. The number of ether oxygens (including phenoxy) is 1. The average Bonchev–Trinajstić information content (AvgIpc) is 3.00. The van der Waals surface area contributed by atoms with E-state index in [1.165, 1.54) is 9.87 Å². The predicted molar refractivity (Wildman–Crippen MR) is 161 cm³/mol. The molecule has 0 spiro atoms. The molecular formula is C33H35N3O4S. The van der Waals surface area contributed by atoms with Crippen LogP contribution in [0.1, 0.15) is 32.6 Å². The maximum Gasteiger partial charge on any atom is 0.264 e. The fourth-order valence-electron chi connectivity index (χ4n) is 4.83. The summed E-state index contributed by atoms with van der Waals surface area (Å²) in [5.41, 5.74) is 4.58. The van der Waals surface area contributed by atoms with Crippen LogP contribution < -0.4 is 9.62 Å². The van der Waals surface area contributed by atoms with E-state index in [1.807, 2.05) is 49.4 Å². The number of carbonyl (C=O) groups excluding carboxylic acids is 1. The maximum atomic E-state index is 14.0. The van der Waals surface area contributed by atoms with Crippen molar-refractivity contribution in [1.82, 2.24) is 10.2 Å². The van der Waals surface area contributed by atoms with E-state index in [0.29, 0.717) is 17.8 Å². The van der Waals surface area contributed by atoms with Crippen molar-refractivity contribution in [3.63, 3.8) is 0 Å². The number of nitrogens with zero attached hydrogens (tertiary/aromatic N) is 2. The third-order valence-corrected chi connectivity index (χ3v) is 8.96. The van der Waals surface area contributed by atoms with Crippen LogP contribution in [0.4, 0.5) is 5.69 Å². The lowest BCUT2D eigenvalue weighted by Crippen LogP contribution is -2.35. The van der Waals surface area contributed by atoms with Gasteiger partial charge >= 0.3 is 0 Å². The van der Waals surface area contributed by atoms with Crippen molar-refractivity contribution in [3.05, 3.63) is 131 Å². The third-order valence-electron chi connectivity index (χ3n) is 7.18. The smallest absolute Gasteiger partial charge is 0.264 e. The van der Waals surface area contributed by atoms with Crippen LogP contribution in [0, 0.1) is 6.92 Å². The number of sulfonamides is 1. The standard InChI is InChI=1S/C33H35N3O4S/c1-26-11-17-30(18-12-26)41(38,39)36(25-28-7-3-2-4-8-28)32-10-6-5-9-31(32)33(37)34-23-27-13-15-29(16-14-27)24-35-19-21-40-22-20-35/h2-18H,19-25H2,1H3,(H,34,37). The first-order valence-corrected chi connectivity index (χ1v) is 15.2. The van der Waals surface area contributed by atoms with Gasteiger partial charge in [0.05, 0.1) is 35.9 Å². The Bertz CT molecular complexity index is 1550. The van der Waals surface area contributed by atoms with E-state index in [0.717, 1.165) is 49.5 Å². The molecule has 5 rings (SSSR count). The van der Waals surface area contributed by atoms with Crippen molar-refractivity contribution in [2.24, 2.45) is 0 Å². The first-order chi connectivity index (χ1) is 19.9. The molecule has 8 heteroatoms. The van der Waals surface area contributed by atoms with Gasteiger partial charge in [0.15, 0.2) is 0 Å². The zero-order valence-electron chi connectivity index (χ0n) is 23.2. The molecule has 7 nitrogen and oxygen atoms in total. The van der Waals surface area contributed by atoms with E-state index in [4.69, 9.17) is 4.74 Å². The topological polar surface area (TPSA) is 79.0 Å². The average molecular weight is 570 g/mol. The molecule has 1 fully saturated rings. The number of benzene rings is 4. The Hall–Kier alpha value is -3.98. The van der Waals surface area contributed by atoms with Gasteiger partial charge in [0.1, 0.15) is 0 Å². The molecule has 41 heavy (non-hydrogen) atoms. The summed E-state index contributed by atoms with van der Waals surface area (Å²) in [6, 6.07) is 31.2. The molecule has 0 aromatic heterocycles. The van der Waals surface area contributed by atoms with E-state index in [9.17, 15) is 13.2 Å². The van der Waals surface area contributed by atoms with Crippen LogP contribution >= 0.6 is 0 Å². The summed E-state index contributed by atoms with van der Waals surface area (Å²) in [6.45, 7) is 6.59. The second-order valence-electron chi connectivity index (χ2n) is 10.2. The fraction of sp³-hybridized carbons (Fsp3) is 0.242. The zero-order chi connectivity index (χ0) is 28.7. The van der Waals surface area contributed by atoms with E-state index < -0.39 is 10.0 Å². The third kappa shape index (κ3) is 7.21. The highest BCUT2D eigenvalue weighted by atomic mass is 32.2. The van der Waals surface area contributed by atoms with Gasteiger partial charge in [-0.15, -0.1) is 0 Å². The molecule has 212 valence electrons. The Morgan fingerprint density at radius 2 is 1.44 bits per heavy atom. The molecule has 1 amide bonds. The number of hydrogen-bond acceptors (Lipinski definition) is 5. The second kappa shape index (κ2) is 13.1. The lowest BCUT2D eigenvalue weighted by Gasteiger charge is -2.27. The van der Waals surface area contributed by atoms with Crippen LogP contribution in [0.2, 0.25) is 0 Å². The van der Waals surface area contributed by atoms with Crippen LogP contribution in [-0.4, -0.2) is 45.5 Å². The molecule has 0 radical (unpaired) electrons. The molecular weight excluding hydrogens is 534 g/mol. The number of amides is 1. The zero-order valence-corrected chi connectivity index (χ0v) is 24.0. The van der Waals surface area contributed by atoms with Crippen molar-refractivity contribution in [2.45, 2.75) is 31.5 Å². The summed E-state index contributed by atoms with van der Waals surface area (Å²) in [7, 11) is -3.97. The van der Waals surface area contributed by atoms with E-state index in [1.54, 1.807) is 48.5 Å². The SMILES string of the molecule is Cc1ccc(S(=O)(=O)N(Cc2ccccc2)c2ccccc2C(=O)NCc2ccc(CN3CCOCC3)cc2)cc1. The van der Waals surface area contributed by atoms with Gasteiger partial charge in [-0.1, -0.05) is 84.4 Å². The monoisotopic (exact) mass is 569 g/mol. The number of nitrogens with one attached hydrogen (secondary N) is 1. The van der Waals surface area contributed by atoms with E-state index in [2.05, 4.69) is 22.3 Å². The van der Waals surface area contributed by atoms with E-state index >= 15 is 0 Å². The number of hydrogen-bond donors (Lipinski definition) is 1. The number of anilines is 1. The summed E-state index contributed by atoms with van der Waals surface area (Å²) in [5, 5.41) is 2.99. The molecule has 1 saturated heterocycles. The summed E-state index contributed by atoms with van der Waals surface area (Å²) in [4.78, 5) is 16.0. The van der Waals surface area contributed by atoms with Crippen LogP contribution in [-0.2, 0) is 34.4 Å². The lowest BCUT2D eigenvalue weighted by molar-refractivity contribution is 0.0342. The highest BCUT2D eigenvalue weighted by Gasteiger charge is 2.28. The van der Waals surface area contributed by atoms with Gasteiger partial charge in [-0.05, 0) is 47.9 Å². The molecule has 4 aromatic carbocycles. The Kier molecular flexibility index (Phi) is 9.14. The van der Waals surface area contributed by atoms with Crippen molar-refractivity contribution in [3.8, 4) is 0 Å². The minimum atomic E-state index is -3.97. The van der Waals surface area contributed by atoms with Gasteiger partial charge in [-0.25, -0.2) is 8.42 Å². The minimum Gasteiger partial charge on any atom is -0.379 e. The van der Waals surface area contributed by atoms with Gasteiger partial charge in [0, 0.05) is 26.2 Å². The maximum absolute atomic E-state index is 14.0.